The van der Waals surface area contributed by atoms with Gasteiger partial charge in [-0.3, -0.25) is 4.79 Å². The van der Waals surface area contributed by atoms with Crippen LogP contribution in [0.1, 0.15) is 65.2 Å². The fourth-order valence-corrected chi connectivity index (χ4v) is 3.58. The topological polar surface area (TPSA) is 20.3 Å². The number of hydrogen-bond acceptors (Lipinski definition) is 1. The van der Waals surface area contributed by atoms with Crippen molar-refractivity contribution in [3.63, 3.8) is 0 Å². The van der Waals surface area contributed by atoms with E-state index in [4.69, 9.17) is 0 Å². The number of rotatable bonds is 2. The summed E-state index contributed by atoms with van der Waals surface area (Å²) in [5.74, 6) is 1.50. The average molecular weight is 237 g/mol. The lowest BCUT2D eigenvalue weighted by Crippen LogP contribution is -2.42. The van der Waals surface area contributed by atoms with E-state index in [2.05, 4.69) is 18.7 Å². The number of likely N-dealkylation sites (tertiary alicyclic amines) is 1. The molecule has 98 valence electrons. The van der Waals surface area contributed by atoms with E-state index in [1.54, 1.807) is 0 Å². The molecular weight excluding hydrogens is 210 g/mol. The zero-order valence-corrected chi connectivity index (χ0v) is 11.5. The number of amides is 1. The van der Waals surface area contributed by atoms with Crippen molar-refractivity contribution in [1.29, 1.82) is 0 Å². The second-order valence-electron chi connectivity index (χ2n) is 6.13. The first-order valence-corrected chi connectivity index (χ1v) is 7.50. The largest absolute Gasteiger partial charge is 0.340 e. The fraction of sp³-hybridized carbons (Fsp3) is 0.933. The van der Waals surface area contributed by atoms with Crippen molar-refractivity contribution in [2.75, 3.05) is 6.54 Å². The van der Waals surface area contributed by atoms with Crippen LogP contribution in [0.2, 0.25) is 0 Å². The maximum Gasteiger partial charge on any atom is 0.226 e. The third-order valence-corrected chi connectivity index (χ3v) is 4.61. The summed E-state index contributed by atoms with van der Waals surface area (Å²) in [6.45, 7) is 5.29. The Bertz CT molecular complexity index is 256. The molecule has 1 unspecified atom stereocenters. The molecule has 0 bridgehead atoms. The van der Waals surface area contributed by atoms with Crippen LogP contribution >= 0.6 is 0 Å². The summed E-state index contributed by atoms with van der Waals surface area (Å²) in [4.78, 5) is 14.7. The molecule has 1 heterocycles. The van der Waals surface area contributed by atoms with Crippen molar-refractivity contribution in [3.05, 3.63) is 0 Å². The maximum absolute atomic E-state index is 12.6. The van der Waals surface area contributed by atoms with Crippen LogP contribution in [0.15, 0.2) is 0 Å². The zero-order chi connectivity index (χ0) is 12.3. The van der Waals surface area contributed by atoms with Crippen molar-refractivity contribution in [2.45, 2.75) is 71.3 Å². The first-order chi connectivity index (χ1) is 8.20. The highest BCUT2D eigenvalue weighted by Gasteiger charge is 2.34. The third kappa shape index (κ3) is 3.02. The first kappa shape index (κ1) is 12.9. The Labute approximate surface area is 106 Å². The highest BCUT2D eigenvalue weighted by atomic mass is 16.2. The molecule has 1 aliphatic carbocycles. The van der Waals surface area contributed by atoms with Crippen LogP contribution in [0.5, 0.6) is 0 Å². The van der Waals surface area contributed by atoms with Gasteiger partial charge in [0.1, 0.15) is 0 Å². The molecule has 1 aliphatic heterocycles. The fourth-order valence-electron chi connectivity index (χ4n) is 3.58. The lowest BCUT2D eigenvalue weighted by molar-refractivity contribution is -0.138. The van der Waals surface area contributed by atoms with Gasteiger partial charge in [0.15, 0.2) is 0 Å². The predicted octanol–water partition coefficient (Wildman–Crippen LogP) is 3.60. The van der Waals surface area contributed by atoms with Crippen LogP contribution in [-0.2, 0) is 4.79 Å². The van der Waals surface area contributed by atoms with Gasteiger partial charge in [0, 0.05) is 18.5 Å². The van der Waals surface area contributed by atoms with Gasteiger partial charge in [-0.25, -0.2) is 0 Å². The smallest absolute Gasteiger partial charge is 0.226 e. The van der Waals surface area contributed by atoms with Crippen molar-refractivity contribution in [3.8, 4) is 0 Å². The van der Waals surface area contributed by atoms with Crippen LogP contribution in [-0.4, -0.2) is 23.4 Å². The molecular formula is C15H27NO. The van der Waals surface area contributed by atoms with Crippen LogP contribution in [0.4, 0.5) is 0 Å². The van der Waals surface area contributed by atoms with E-state index in [1.165, 1.54) is 44.9 Å². The lowest BCUT2D eigenvalue weighted by atomic mass is 9.77. The summed E-state index contributed by atoms with van der Waals surface area (Å²) < 4.78 is 0. The van der Waals surface area contributed by atoms with Gasteiger partial charge in [0.25, 0.3) is 0 Å². The van der Waals surface area contributed by atoms with E-state index in [-0.39, 0.29) is 0 Å². The molecule has 0 spiro atoms. The molecule has 0 aromatic rings. The molecule has 2 aliphatic rings. The van der Waals surface area contributed by atoms with E-state index in [9.17, 15) is 4.79 Å². The van der Waals surface area contributed by atoms with E-state index in [0.717, 1.165) is 13.0 Å². The Morgan fingerprint density at radius 1 is 1.00 bits per heavy atom. The average Bonchev–Trinajstić information content (AvgIpc) is 2.52. The molecule has 0 radical (unpaired) electrons. The summed E-state index contributed by atoms with van der Waals surface area (Å²) in [6.07, 6.45) is 10.2. The molecule has 2 heteroatoms. The monoisotopic (exact) mass is 237 g/mol. The van der Waals surface area contributed by atoms with E-state index in [1.807, 2.05) is 0 Å². The summed E-state index contributed by atoms with van der Waals surface area (Å²) in [5, 5.41) is 0. The molecule has 0 N–H and O–H groups in total. The highest BCUT2D eigenvalue weighted by molar-refractivity contribution is 5.79. The molecule has 1 amide bonds. The Balaban J connectivity index is 2.05. The zero-order valence-electron chi connectivity index (χ0n) is 11.5. The van der Waals surface area contributed by atoms with E-state index >= 15 is 0 Å². The normalized spacial score (nSPS) is 28.5. The predicted molar refractivity (Wildman–Crippen MR) is 70.8 cm³/mol. The summed E-state index contributed by atoms with van der Waals surface area (Å²) in [6, 6.07) is 0.381. The van der Waals surface area contributed by atoms with Gasteiger partial charge in [-0.15, -0.1) is 0 Å². The van der Waals surface area contributed by atoms with Crippen LogP contribution in [0, 0.1) is 11.8 Å². The molecule has 2 rings (SSSR count). The second-order valence-corrected chi connectivity index (χ2v) is 6.13. The van der Waals surface area contributed by atoms with Gasteiger partial charge >= 0.3 is 0 Å². The van der Waals surface area contributed by atoms with E-state index in [0.29, 0.717) is 23.8 Å². The minimum atomic E-state index is 0.347. The van der Waals surface area contributed by atoms with Gasteiger partial charge in [-0.1, -0.05) is 25.7 Å². The van der Waals surface area contributed by atoms with Crippen molar-refractivity contribution in [1.82, 2.24) is 4.90 Å². The first-order valence-electron chi connectivity index (χ1n) is 7.50. The molecule has 2 fully saturated rings. The van der Waals surface area contributed by atoms with Crippen LogP contribution < -0.4 is 0 Å². The highest BCUT2D eigenvalue weighted by Crippen LogP contribution is 2.35. The van der Waals surface area contributed by atoms with Gasteiger partial charge in [0.2, 0.25) is 5.91 Å². The second kappa shape index (κ2) is 5.88. The molecule has 1 saturated carbocycles. The number of hydrogen-bond donors (Lipinski definition) is 0. The third-order valence-electron chi connectivity index (χ3n) is 4.61. The van der Waals surface area contributed by atoms with E-state index < -0.39 is 0 Å². The Kier molecular flexibility index (Phi) is 4.47. The number of carbonyl (C=O) groups excluding carboxylic acids is 1. The lowest BCUT2D eigenvalue weighted by Gasteiger charge is -2.33. The van der Waals surface area contributed by atoms with Crippen molar-refractivity contribution >= 4 is 5.91 Å². The quantitative estimate of drug-likeness (QED) is 0.718. The summed E-state index contributed by atoms with van der Waals surface area (Å²) >= 11 is 0. The summed E-state index contributed by atoms with van der Waals surface area (Å²) in [5.41, 5.74) is 0. The van der Waals surface area contributed by atoms with Crippen LogP contribution in [0.25, 0.3) is 0 Å². The molecule has 0 aromatic heterocycles. The maximum atomic E-state index is 12.6. The number of nitrogens with zero attached hydrogens (tertiary/aromatic N) is 1. The minimum Gasteiger partial charge on any atom is -0.340 e. The van der Waals surface area contributed by atoms with Crippen molar-refractivity contribution < 1.29 is 4.79 Å². The molecule has 2 nitrogen and oxygen atoms in total. The molecule has 0 aromatic carbocycles. The van der Waals surface area contributed by atoms with Gasteiger partial charge < -0.3 is 4.90 Å². The van der Waals surface area contributed by atoms with Crippen molar-refractivity contribution in [2.24, 2.45) is 11.8 Å². The molecule has 1 saturated heterocycles. The SMILES string of the molecule is CC(C)N1CCCCC(C2CCCCC2)C1=O. The molecule has 1 atom stereocenters. The van der Waals surface area contributed by atoms with Gasteiger partial charge in [0.05, 0.1) is 0 Å². The Morgan fingerprint density at radius 2 is 1.65 bits per heavy atom. The Hall–Kier alpha value is -0.530. The minimum absolute atomic E-state index is 0.347. The standard InChI is InChI=1S/C15H27NO/c1-12(2)16-11-7-6-10-14(15(16)17)13-8-4-3-5-9-13/h12-14H,3-11H2,1-2H3. The van der Waals surface area contributed by atoms with Gasteiger partial charge in [-0.2, -0.15) is 0 Å². The molecule has 17 heavy (non-hydrogen) atoms. The van der Waals surface area contributed by atoms with Crippen LogP contribution in [0.3, 0.4) is 0 Å². The van der Waals surface area contributed by atoms with Gasteiger partial charge in [-0.05, 0) is 45.4 Å². The summed E-state index contributed by atoms with van der Waals surface area (Å²) in [7, 11) is 0. The number of carbonyl (C=O) groups is 1. The Morgan fingerprint density at radius 3 is 2.29 bits per heavy atom.